The molecule has 4 nitrogen and oxygen atoms in total. The van der Waals surface area contributed by atoms with Crippen molar-refractivity contribution in [1.29, 1.82) is 0 Å². The second-order valence-electron chi connectivity index (χ2n) is 4.45. The summed E-state index contributed by atoms with van der Waals surface area (Å²) >= 11 is 6.87. The van der Waals surface area contributed by atoms with Crippen LogP contribution >= 0.6 is 22.9 Å². The number of hydrogen-bond donors (Lipinski definition) is 0. The van der Waals surface area contributed by atoms with Crippen molar-refractivity contribution in [3.05, 3.63) is 46.3 Å². The van der Waals surface area contributed by atoms with Gasteiger partial charge in [-0.3, -0.25) is 0 Å². The number of likely N-dealkylation sites (N-methyl/N-ethyl adjacent to an activating group) is 1. The number of thiophene rings is 1. The third-order valence-electron chi connectivity index (χ3n) is 3.10. The van der Waals surface area contributed by atoms with Gasteiger partial charge >= 0.3 is 0 Å². The van der Waals surface area contributed by atoms with Crippen LogP contribution in [0.4, 0.5) is 0 Å². The topological polar surface area (TPSA) is 46.6 Å². The van der Waals surface area contributed by atoms with Gasteiger partial charge in [-0.1, -0.05) is 29.8 Å². The molecule has 114 valence electrons. The highest BCUT2D eigenvalue weighted by Gasteiger charge is 2.22. The standard InChI is InChI=1S/C14H16ClNO3S2/c1-16(21(17,18)14-8-7-13(15)20-14)10-9-11-5-3-4-6-12(11)19-2/h3-8H,9-10H2,1-2H3. The zero-order valence-electron chi connectivity index (χ0n) is 11.7. The monoisotopic (exact) mass is 345 g/mol. The number of para-hydroxylation sites is 1. The molecule has 0 aliphatic heterocycles. The van der Waals surface area contributed by atoms with Gasteiger partial charge in [-0.25, -0.2) is 8.42 Å². The molecule has 7 heteroatoms. The number of halogens is 1. The number of benzene rings is 1. The molecular formula is C14H16ClNO3S2. The lowest BCUT2D eigenvalue weighted by Crippen LogP contribution is -2.28. The van der Waals surface area contributed by atoms with Crippen LogP contribution in [0.3, 0.4) is 0 Å². The van der Waals surface area contributed by atoms with E-state index in [2.05, 4.69) is 0 Å². The highest BCUT2D eigenvalue weighted by atomic mass is 35.5. The van der Waals surface area contributed by atoms with Gasteiger partial charge in [0.1, 0.15) is 9.96 Å². The van der Waals surface area contributed by atoms with Gasteiger partial charge in [0.25, 0.3) is 10.0 Å². The summed E-state index contributed by atoms with van der Waals surface area (Å²) in [5, 5.41) is 0. The van der Waals surface area contributed by atoms with E-state index < -0.39 is 10.0 Å². The Labute approximate surface area is 134 Å². The predicted molar refractivity (Wildman–Crippen MR) is 85.8 cm³/mol. The lowest BCUT2D eigenvalue weighted by Gasteiger charge is -2.16. The first-order valence-corrected chi connectivity index (χ1v) is 8.92. The highest BCUT2D eigenvalue weighted by molar-refractivity contribution is 7.91. The number of hydrogen-bond acceptors (Lipinski definition) is 4. The summed E-state index contributed by atoms with van der Waals surface area (Å²) in [6, 6.07) is 10.7. The molecule has 0 unspecified atom stereocenters. The van der Waals surface area contributed by atoms with Crippen molar-refractivity contribution in [3.63, 3.8) is 0 Å². The molecule has 0 fully saturated rings. The fourth-order valence-electron chi connectivity index (χ4n) is 1.90. The first-order valence-electron chi connectivity index (χ1n) is 6.28. The molecule has 0 bridgehead atoms. The van der Waals surface area contributed by atoms with E-state index >= 15 is 0 Å². The number of nitrogens with zero attached hydrogens (tertiary/aromatic N) is 1. The molecule has 21 heavy (non-hydrogen) atoms. The molecule has 0 saturated carbocycles. The summed E-state index contributed by atoms with van der Waals surface area (Å²) in [5.74, 6) is 0.766. The van der Waals surface area contributed by atoms with Gasteiger partial charge in [0.2, 0.25) is 0 Å². The number of sulfonamides is 1. The molecule has 0 amide bonds. The Kier molecular flexibility index (Phi) is 5.27. The van der Waals surface area contributed by atoms with Crippen molar-refractivity contribution in [2.45, 2.75) is 10.6 Å². The Morgan fingerprint density at radius 2 is 1.95 bits per heavy atom. The molecule has 0 atom stereocenters. The molecule has 2 rings (SSSR count). The third-order valence-corrected chi connectivity index (χ3v) is 6.66. The molecule has 0 spiro atoms. The van der Waals surface area contributed by atoms with Crippen LogP contribution in [0.1, 0.15) is 5.56 Å². The van der Waals surface area contributed by atoms with E-state index in [1.54, 1.807) is 20.2 Å². The first-order chi connectivity index (χ1) is 9.95. The molecule has 1 aromatic heterocycles. The minimum atomic E-state index is -3.48. The molecular weight excluding hydrogens is 330 g/mol. The summed E-state index contributed by atoms with van der Waals surface area (Å²) in [6.45, 7) is 0.373. The minimum absolute atomic E-state index is 0.259. The van der Waals surface area contributed by atoms with Crippen LogP contribution in [-0.2, 0) is 16.4 Å². The second kappa shape index (κ2) is 6.79. The number of rotatable bonds is 6. The van der Waals surface area contributed by atoms with E-state index in [0.717, 1.165) is 22.6 Å². The Balaban J connectivity index is 2.09. The zero-order chi connectivity index (χ0) is 15.5. The molecule has 2 aromatic rings. The van der Waals surface area contributed by atoms with Crippen molar-refractivity contribution in [2.75, 3.05) is 20.7 Å². The fourth-order valence-corrected chi connectivity index (χ4v) is 4.76. The molecule has 0 aliphatic carbocycles. The summed E-state index contributed by atoms with van der Waals surface area (Å²) in [4.78, 5) is 0. The Morgan fingerprint density at radius 3 is 2.57 bits per heavy atom. The van der Waals surface area contributed by atoms with E-state index in [-0.39, 0.29) is 4.21 Å². The summed E-state index contributed by atoms with van der Waals surface area (Å²) < 4.78 is 32.1. The third kappa shape index (κ3) is 3.77. The average Bonchev–Trinajstić information content (AvgIpc) is 2.92. The number of methoxy groups -OCH3 is 1. The highest BCUT2D eigenvalue weighted by Crippen LogP contribution is 2.28. The fraction of sp³-hybridized carbons (Fsp3) is 0.286. The maximum atomic E-state index is 12.4. The Morgan fingerprint density at radius 1 is 1.24 bits per heavy atom. The normalized spacial score (nSPS) is 11.8. The second-order valence-corrected chi connectivity index (χ2v) is 8.43. The average molecular weight is 346 g/mol. The lowest BCUT2D eigenvalue weighted by molar-refractivity contribution is 0.406. The van der Waals surface area contributed by atoms with Crippen molar-refractivity contribution >= 4 is 33.0 Å². The smallest absolute Gasteiger partial charge is 0.252 e. The van der Waals surface area contributed by atoms with E-state index in [4.69, 9.17) is 16.3 Å². The van der Waals surface area contributed by atoms with Gasteiger partial charge in [-0.15, -0.1) is 11.3 Å². The van der Waals surface area contributed by atoms with Crippen molar-refractivity contribution in [2.24, 2.45) is 0 Å². The van der Waals surface area contributed by atoms with Gasteiger partial charge in [0.05, 0.1) is 11.4 Å². The molecule has 1 heterocycles. The summed E-state index contributed by atoms with van der Waals surface area (Å²) in [5.41, 5.74) is 0.978. The van der Waals surface area contributed by atoms with Crippen molar-refractivity contribution in [1.82, 2.24) is 4.31 Å². The van der Waals surface area contributed by atoms with Gasteiger partial charge in [0.15, 0.2) is 0 Å². The number of ether oxygens (including phenoxy) is 1. The van der Waals surface area contributed by atoms with E-state index in [9.17, 15) is 8.42 Å². The van der Waals surface area contributed by atoms with Crippen LogP contribution in [-0.4, -0.2) is 33.4 Å². The molecule has 0 radical (unpaired) electrons. The van der Waals surface area contributed by atoms with E-state index in [0.29, 0.717) is 17.3 Å². The van der Waals surface area contributed by atoms with Crippen LogP contribution in [0, 0.1) is 0 Å². The maximum absolute atomic E-state index is 12.4. The van der Waals surface area contributed by atoms with Crippen LogP contribution in [0.15, 0.2) is 40.6 Å². The summed E-state index contributed by atoms with van der Waals surface area (Å²) in [7, 11) is -0.309. The molecule has 0 aliphatic rings. The van der Waals surface area contributed by atoms with Gasteiger partial charge in [-0.2, -0.15) is 4.31 Å². The van der Waals surface area contributed by atoms with Crippen molar-refractivity contribution in [3.8, 4) is 5.75 Å². The van der Waals surface area contributed by atoms with Gasteiger partial charge in [0, 0.05) is 13.6 Å². The van der Waals surface area contributed by atoms with Crippen LogP contribution < -0.4 is 4.74 Å². The maximum Gasteiger partial charge on any atom is 0.252 e. The lowest BCUT2D eigenvalue weighted by atomic mass is 10.1. The van der Waals surface area contributed by atoms with Gasteiger partial charge < -0.3 is 4.74 Å². The minimum Gasteiger partial charge on any atom is -0.496 e. The first kappa shape index (κ1) is 16.3. The molecule has 0 saturated heterocycles. The Hall–Kier alpha value is -1.08. The molecule has 1 aromatic carbocycles. The van der Waals surface area contributed by atoms with Crippen LogP contribution in [0.5, 0.6) is 5.75 Å². The zero-order valence-corrected chi connectivity index (χ0v) is 14.1. The van der Waals surface area contributed by atoms with Crippen LogP contribution in [0.25, 0.3) is 0 Å². The van der Waals surface area contributed by atoms with E-state index in [1.165, 1.54) is 10.4 Å². The SMILES string of the molecule is COc1ccccc1CCN(C)S(=O)(=O)c1ccc(Cl)s1. The quantitative estimate of drug-likeness (QED) is 0.807. The van der Waals surface area contributed by atoms with Crippen molar-refractivity contribution < 1.29 is 13.2 Å². The van der Waals surface area contributed by atoms with Gasteiger partial charge in [-0.05, 0) is 30.2 Å². The van der Waals surface area contributed by atoms with Crippen LogP contribution in [0.2, 0.25) is 4.34 Å². The van der Waals surface area contributed by atoms with E-state index in [1.807, 2.05) is 24.3 Å². The summed E-state index contributed by atoms with van der Waals surface area (Å²) in [6.07, 6.45) is 0.582. The Bertz CT molecular complexity index is 713. The largest absolute Gasteiger partial charge is 0.496 e. The predicted octanol–water partition coefficient (Wildman–Crippen LogP) is 3.27. The molecule has 0 N–H and O–H groups in total.